The predicted molar refractivity (Wildman–Crippen MR) is 149 cm³/mol. The van der Waals surface area contributed by atoms with E-state index in [-0.39, 0.29) is 43.8 Å². The lowest BCUT2D eigenvalue weighted by molar-refractivity contribution is -0.142. The Kier molecular flexibility index (Phi) is 7.53. The molecule has 3 heterocycles. The molecule has 4 N–H and O–H groups in total. The van der Waals surface area contributed by atoms with Gasteiger partial charge in [-0.05, 0) is 66.6 Å². The van der Waals surface area contributed by atoms with Crippen LogP contribution in [0.4, 0.5) is 16.2 Å². The van der Waals surface area contributed by atoms with Gasteiger partial charge in [-0.1, -0.05) is 6.07 Å². The number of fused-ring (bicyclic) bond motifs is 4. The average Bonchev–Trinajstić information content (AvgIpc) is 3.60. The Bertz CT molecular complexity index is 1430. The van der Waals surface area contributed by atoms with E-state index in [0.717, 1.165) is 11.1 Å². The van der Waals surface area contributed by atoms with Crippen molar-refractivity contribution in [1.29, 1.82) is 0 Å². The van der Waals surface area contributed by atoms with Crippen molar-refractivity contribution in [1.82, 2.24) is 5.32 Å². The number of aliphatic hydroxyl groups excluding tert-OH is 1. The Balaban J connectivity index is 1.08. The summed E-state index contributed by atoms with van der Waals surface area (Å²) < 4.78 is 28.1. The zero-order valence-corrected chi connectivity index (χ0v) is 22.4. The molecule has 0 saturated carbocycles. The summed E-state index contributed by atoms with van der Waals surface area (Å²) in [6.45, 7) is 0.302. The van der Waals surface area contributed by atoms with Gasteiger partial charge in [0.2, 0.25) is 12.7 Å². The van der Waals surface area contributed by atoms with Gasteiger partial charge < -0.3 is 44.7 Å². The normalized spacial score (nSPS) is 21.7. The largest absolute Gasteiger partial charge is 0.497 e. The molecule has 214 valence electrons. The minimum Gasteiger partial charge on any atom is -0.497 e. The maximum atomic E-state index is 12.8. The number of ether oxygens (including phenoxy) is 5. The molecular formula is C30H31N3O8. The molecule has 11 heteroatoms. The van der Waals surface area contributed by atoms with Gasteiger partial charge in [-0.3, -0.25) is 4.79 Å². The van der Waals surface area contributed by atoms with Crippen LogP contribution in [0.15, 0.2) is 60.7 Å². The zero-order valence-electron chi connectivity index (χ0n) is 22.4. The number of urea groups is 1. The molecule has 6 rings (SSSR count). The Labute approximate surface area is 236 Å². The van der Waals surface area contributed by atoms with Crippen molar-refractivity contribution in [2.24, 2.45) is 0 Å². The van der Waals surface area contributed by atoms with E-state index in [4.69, 9.17) is 23.7 Å². The van der Waals surface area contributed by atoms with Crippen molar-refractivity contribution in [3.63, 3.8) is 0 Å². The molecule has 0 unspecified atom stereocenters. The summed E-state index contributed by atoms with van der Waals surface area (Å²) in [6, 6.07) is 17.6. The Morgan fingerprint density at radius 3 is 2.51 bits per heavy atom. The van der Waals surface area contributed by atoms with E-state index < -0.39 is 12.2 Å². The molecular weight excluding hydrogens is 530 g/mol. The number of amides is 3. The number of benzene rings is 3. The summed E-state index contributed by atoms with van der Waals surface area (Å²) >= 11 is 0. The first-order valence-corrected chi connectivity index (χ1v) is 13.4. The van der Waals surface area contributed by atoms with Gasteiger partial charge >= 0.3 is 6.03 Å². The third-order valence-electron chi connectivity index (χ3n) is 7.44. The highest BCUT2D eigenvalue weighted by Gasteiger charge is 2.46. The van der Waals surface area contributed by atoms with Gasteiger partial charge in [0, 0.05) is 29.4 Å². The standard InChI is InChI=1S/C30H31N3O8/c1-37-20-6-3-18(4-7-20)32-30(36)33-19-5-9-24-22(11-19)23-12-21(40-27(15-34)29(23)41-24)13-28(35)31-14-17-2-8-25-26(10-17)39-16-38-25/h2-11,21,23,27,29,34H,12-16H2,1H3,(H,31,35)(H2,32,33,36)/t21-,23-,27+,29+/m1/s1. The fraction of sp³-hybridized carbons (Fsp3) is 0.333. The summed E-state index contributed by atoms with van der Waals surface area (Å²) in [5.41, 5.74) is 3.03. The smallest absolute Gasteiger partial charge is 0.323 e. The van der Waals surface area contributed by atoms with Crippen molar-refractivity contribution in [3.8, 4) is 23.0 Å². The molecule has 41 heavy (non-hydrogen) atoms. The van der Waals surface area contributed by atoms with Gasteiger partial charge in [-0.2, -0.15) is 0 Å². The van der Waals surface area contributed by atoms with Crippen molar-refractivity contribution in [3.05, 3.63) is 71.8 Å². The maximum absolute atomic E-state index is 12.8. The number of methoxy groups -OCH3 is 1. The molecule has 0 bridgehead atoms. The van der Waals surface area contributed by atoms with E-state index in [9.17, 15) is 14.7 Å². The van der Waals surface area contributed by atoms with Crippen LogP contribution in [0.3, 0.4) is 0 Å². The lowest BCUT2D eigenvalue weighted by Crippen LogP contribution is -2.47. The second-order valence-electron chi connectivity index (χ2n) is 10.1. The number of carbonyl (C=O) groups excluding carboxylic acids is 2. The molecule has 0 spiro atoms. The SMILES string of the molecule is COc1ccc(NC(=O)Nc2ccc3c(c2)[C@H]2C[C@H](CC(=O)NCc4ccc5c(c4)OCO5)O[C@@H](CO)[C@H]2O3)cc1. The summed E-state index contributed by atoms with van der Waals surface area (Å²) in [4.78, 5) is 25.4. The van der Waals surface area contributed by atoms with Gasteiger partial charge in [0.05, 0.1) is 26.2 Å². The Morgan fingerprint density at radius 1 is 0.951 bits per heavy atom. The maximum Gasteiger partial charge on any atom is 0.323 e. The molecule has 3 aromatic rings. The molecule has 1 fully saturated rings. The highest BCUT2D eigenvalue weighted by atomic mass is 16.7. The van der Waals surface area contributed by atoms with Crippen molar-refractivity contribution in [2.45, 2.75) is 43.6 Å². The fourth-order valence-electron chi connectivity index (χ4n) is 5.47. The van der Waals surface area contributed by atoms with Crippen molar-refractivity contribution < 1.29 is 38.4 Å². The molecule has 4 atom stereocenters. The van der Waals surface area contributed by atoms with Crippen molar-refractivity contribution >= 4 is 23.3 Å². The molecule has 0 aliphatic carbocycles. The van der Waals surface area contributed by atoms with Crippen LogP contribution in [0, 0.1) is 0 Å². The Morgan fingerprint density at radius 2 is 1.71 bits per heavy atom. The van der Waals surface area contributed by atoms with Gasteiger partial charge in [0.1, 0.15) is 23.7 Å². The van der Waals surface area contributed by atoms with Crippen LogP contribution in [0.5, 0.6) is 23.0 Å². The van der Waals surface area contributed by atoms with Crippen LogP contribution in [-0.2, 0) is 16.1 Å². The van der Waals surface area contributed by atoms with E-state index >= 15 is 0 Å². The number of hydrogen-bond acceptors (Lipinski definition) is 8. The summed E-state index contributed by atoms with van der Waals surface area (Å²) in [6.07, 6.45) is -0.696. The van der Waals surface area contributed by atoms with E-state index in [0.29, 0.717) is 47.3 Å². The van der Waals surface area contributed by atoms with E-state index in [1.165, 1.54) is 0 Å². The third-order valence-corrected chi connectivity index (χ3v) is 7.44. The highest BCUT2D eigenvalue weighted by molar-refractivity contribution is 5.99. The molecule has 3 amide bonds. The monoisotopic (exact) mass is 561 g/mol. The summed E-state index contributed by atoms with van der Waals surface area (Å²) in [7, 11) is 1.58. The Hall–Kier alpha value is -4.48. The second-order valence-corrected chi connectivity index (χ2v) is 10.1. The number of nitrogens with one attached hydrogen (secondary N) is 3. The first-order chi connectivity index (χ1) is 20.0. The number of rotatable bonds is 8. The lowest BCUT2D eigenvalue weighted by atomic mass is 9.84. The molecule has 3 aliphatic heterocycles. The van der Waals surface area contributed by atoms with Crippen LogP contribution in [0.2, 0.25) is 0 Å². The van der Waals surface area contributed by atoms with Gasteiger partial charge in [-0.15, -0.1) is 0 Å². The number of hydrogen-bond donors (Lipinski definition) is 4. The fourth-order valence-corrected chi connectivity index (χ4v) is 5.47. The molecule has 1 saturated heterocycles. The molecule has 11 nitrogen and oxygen atoms in total. The van der Waals surface area contributed by atoms with Crippen LogP contribution in [0.25, 0.3) is 0 Å². The predicted octanol–water partition coefficient (Wildman–Crippen LogP) is 3.77. The zero-order chi connectivity index (χ0) is 28.3. The van der Waals surface area contributed by atoms with E-state index in [1.54, 1.807) is 43.5 Å². The van der Waals surface area contributed by atoms with Gasteiger partial charge in [-0.25, -0.2) is 4.79 Å². The quantitative estimate of drug-likeness (QED) is 0.326. The van der Waals surface area contributed by atoms with Crippen LogP contribution in [-0.4, -0.2) is 55.9 Å². The summed E-state index contributed by atoms with van der Waals surface area (Å²) in [5.74, 6) is 2.46. The van der Waals surface area contributed by atoms with Gasteiger partial charge in [0.15, 0.2) is 11.5 Å². The molecule has 3 aromatic carbocycles. The summed E-state index contributed by atoms with van der Waals surface area (Å²) in [5, 5.41) is 18.6. The lowest BCUT2D eigenvalue weighted by Gasteiger charge is -2.37. The average molecular weight is 562 g/mol. The second kappa shape index (κ2) is 11.6. The number of aliphatic hydroxyl groups is 1. The molecule has 3 aliphatic rings. The number of anilines is 2. The first-order valence-electron chi connectivity index (χ1n) is 13.4. The van der Waals surface area contributed by atoms with Gasteiger partial charge in [0.25, 0.3) is 0 Å². The molecule has 0 aromatic heterocycles. The minimum absolute atomic E-state index is 0.103. The van der Waals surface area contributed by atoms with Crippen LogP contribution >= 0.6 is 0 Å². The van der Waals surface area contributed by atoms with E-state index in [2.05, 4.69) is 16.0 Å². The topological polar surface area (TPSA) is 137 Å². The van der Waals surface area contributed by atoms with E-state index in [1.807, 2.05) is 24.3 Å². The van der Waals surface area contributed by atoms with Crippen LogP contribution < -0.4 is 34.9 Å². The highest BCUT2D eigenvalue weighted by Crippen LogP contribution is 2.47. The van der Waals surface area contributed by atoms with Crippen LogP contribution in [0.1, 0.15) is 29.9 Å². The minimum atomic E-state index is -0.581. The number of carbonyl (C=O) groups is 2. The first kappa shape index (κ1) is 26.7. The third kappa shape index (κ3) is 5.86. The van der Waals surface area contributed by atoms with Crippen molar-refractivity contribution in [2.75, 3.05) is 31.1 Å². The molecule has 0 radical (unpaired) electrons.